The van der Waals surface area contributed by atoms with Crippen LogP contribution >= 0.6 is 11.8 Å². The van der Waals surface area contributed by atoms with E-state index in [0.29, 0.717) is 11.8 Å². The minimum atomic E-state index is -0.235. The molecule has 102 valence electrons. The molecule has 2 aliphatic rings. The zero-order chi connectivity index (χ0) is 13.3. The predicted molar refractivity (Wildman–Crippen MR) is 73.5 cm³/mol. The van der Waals surface area contributed by atoms with Crippen LogP contribution < -0.4 is 0 Å². The first-order valence-electron chi connectivity index (χ1n) is 6.73. The van der Waals surface area contributed by atoms with Crippen LogP contribution in [0, 0.1) is 0 Å². The molecule has 0 aromatic heterocycles. The Morgan fingerprint density at radius 1 is 1.39 bits per heavy atom. The molecule has 0 aromatic rings. The Morgan fingerprint density at radius 3 is 2.72 bits per heavy atom. The molecule has 0 radical (unpaired) electrons. The average Bonchev–Trinajstić information content (AvgIpc) is 2.85. The number of fused-ring (bicyclic) bond motifs is 1. The van der Waals surface area contributed by atoms with Crippen LogP contribution in [0.25, 0.3) is 0 Å². The second-order valence-electron chi connectivity index (χ2n) is 5.15. The molecule has 18 heavy (non-hydrogen) atoms. The summed E-state index contributed by atoms with van der Waals surface area (Å²) in [5, 5.41) is 0.378. The third kappa shape index (κ3) is 2.25. The average molecular weight is 270 g/mol. The molecule has 2 amide bonds. The summed E-state index contributed by atoms with van der Waals surface area (Å²) in [6, 6.07) is -0.407. The van der Waals surface area contributed by atoms with Gasteiger partial charge in [0.1, 0.15) is 12.1 Å². The fourth-order valence-electron chi connectivity index (χ4n) is 2.92. The number of thioether (sulfide) groups is 1. The molecule has 0 spiro atoms. The first-order valence-corrected chi connectivity index (χ1v) is 8.02. The van der Waals surface area contributed by atoms with E-state index in [1.807, 2.05) is 18.1 Å². The van der Waals surface area contributed by atoms with Crippen molar-refractivity contribution in [3.05, 3.63) is 0 Å². The van der Waals surface area contributed by atoms with Crippen LogP contribution in [-0.4, -0.2) is 58.3 Å². The standard InChI is InChI=1S/C13H22N2O2S/c1-4-10-12(16)14-7-5-6-11(14)13(17)15(10)8-9(2)18-3/h9-11H,4-8H2,1-3H3. The molecule has 0 aromatic carbocycles. The first-order chi connectivity index (χ1) is 8.60. The fraction of sp³-hybridized carbons (Fsp3) is 0.846. The quantitative estimate of drug-likeness (QED) is 0.774. The highest BCUT2D eigenvalue weighted by atomic mass is 32.2. The molecule has 0 N–H and O–H groups in total. The minimum Gasteiger partial charge on any atom is -0.329 e. The van der Waals surface area contributed by atoms with Crippen LogP contribution in [0.3, 0.4) is 0 Å². The summed E-state index contributed by atoms with van der Waals surface area (Å²) < 4.78 is 0. The Kier molecular flexibility index (Phi) is 4.20. The van der Waals surface area contributed by atoms with Crippen molar-refractivity contribution in [3.8, 4) is 0 Å². The van der Waals surface area contributed by atoms with E-state index in [2.05, 4.69) is 6.92 Å². The van der Waals surface area contributed by atoms with Crippen molar-refractivity contribution in [3.63, 3.8) is 0 Å². The van der Waals surface area contributed by atoms with Gasteiger partial charge in [-0.3, -0.25) is 9.59 Å². The molecular formula is C13H22N2O2S. The number of carbonyl (C=O) groups excluding carboxylic acids is 2. The maximum Gasteiger partial charge on any atom is 0.246 e. The van der Waals surface area contributed by atoms with Gasteiger partial charge in [0, 0.05) is 18.3 Å². The molecule has 3 atom stereocenters. The van der Waals surface area contributed by atoms with Gasteiger partial charge in [0.05, 0.1) is 0 Å². The highest BCUT2D eigenvalue weighted by Crippen LogP contribution is 2.28. The van der Waals surface area contributed by atoms with Crippen molar-refractivity contribution in [1.29, 1.82) is 0 Å². The van der Waals surface area contributed by atoms with Crippen LogP contribution in [0.5, 0.6) is 0 Å². The molecule has 0 saturated carbocycles. The largest absolute Gasteiger partial charge is 0.329 e. The van der Waals surface area contributed by atoms with Crippen LogP contribution in [0.1, 0.15) is 33.1 Å². The molecule has 2 fully saturated rings. The lowest BCUT2D eigenvalue weighted by Gasteiger charge is -2.42. The summed E-state index contributed by atoms with van der Waals surface area (Å²) in [4.78, 5) is 28.5. The maximum absolute atomic E-state index is 12.5. The molecule has 2 rings (SSSR count). The Hall–Kier alpha value is -0.710. The molecule has 5 heteroatoms. The van der Waals surface area contributed by atoms with Gasteiger partial charge in [-0.05, 0) is 25.5 Å². The van der Waals surface area contributed by atoms with Crippen molar-refractivity contribution in [2.24, 2.45) is 0 Å². The van der Waals surface area contributed by atoms with Crippen LogP contribution in [0.4, 0.5) is 0 Å². The molecular weight excluding hydrogens is 248 g/mol. The van der Waals surface area contributed by atoms with Gasteiger partial charge in [0.2, 0.25) is 11.8 Å². The Morgan fingerprint density at radius 2 is 2.11 bits per heavy atom. The summed E-state index contributed by atoms with van der Waals surface area (Å²) in [5.74, 6) is 0.327. The highest BCUT2D eigenvalue weighted by Gasteiger charge is 2.46. The summed E-state index contributed by atoms with van der Waals surface area (Å²) in [6.07, 6.45) is 4.56. The molecule has 2 saturated heterocycles. The molecule has 2 aliphatic heterocycles. The number of rotatable bonds is 4. The van der Waals surface area contributed by atoms with Crippen molar-refractivity contribution < 1.29 is 9.59 Å². The van der Waals surface area contributed by atoms with Gasteiger partial charge in [-0.25, -0.2) is 0 Å². The van der Waals surface area contributed by atoms with E-state index < -0.39 is 0 Å². The lowest BCUT2D eigenvalue weighted by atomic mass is 10.0. The second-order valence-corrected chi connectivity index (χ2v) is 6.43. The van der Waals surface area contributed by atoms with Gasteiger partial charge < -0.3 is 9.80 Å². The summed E-state index contributed by atoms with van der Waals surface area (Å²) in [6.45, 7) is 5.55. The van der Waals surface area contributed by atoms with E-state index >= 15 is 0 Å². The van der Waals surface area contributed by atoms with E-state index in [1.165, 1.54) is 0 Å². The molecule has 3 unspecified atom stereocenters. The van der Waals surface area contributed by atoms with Crippen LogP contribution in [-0.2, 0) is 9.59 Å². The topological polar surface area (TPSA) is 40.6 Å². The van der Waals surface area contributed by atoms with E-state index in [-0.39, 0.29) is 23.9 Å². The molecule has 2 heterocycles. The number of nitrogens with zero attached hydrogens (tertiary/aromatic N) is 2. The summed E-state index contributed by atoms with van der Waals surface area (Å²) >= 11 is 1.74. The zero-order valence-corrected chi connectivity index (χ0v) is 12.2. The van der Waals surface area contributed by atoms with Crippen molar-refractivity contribution >= 4 is 23.6 Å². The third-order valence-electron chi connectivity index (χ3n) is 4.01. The van der Waals surface area contributed by atoms with Crippen LogP contribution in [0.15, 0.2) is 0 Å². The maximum atomic E-state index is 12.5. The number of amides is 2. The molecule has 0 bridgehead atoms. The normalized spacial score (nSPS) is 29.7. The third-order valence-corrected chi connectivity index (χ3v) is 4.96. The fourth-order valence-corrected chi connectivity index (χ4v) is 3.23. The van der Waals surface area contributed by atoms with Gasteiger partial charge in [0.15, 0.2) is 0 Å². The van der Waals surface area contributed by atoms with Gasteiger partial charge >= 0.3 is 0 Å². The smallest absolute Gasteiger partial charge is 0.246 e. The lowest BCUT2D eigenvalue weighted by Crippen LogP contribution is -2.63. The van der Waals surface area contributed by atoms with Gasteiger partial charge in [-0.2, -0.15) is 11.8 Å². The lowest BCUT2D eigenvalue weighted by molar-refractivity contribution is -0.159. The predicted octanol–water partition coefficient (Wildman–Crippen LogP) is 1.35. The second kappa shape index (κ2) is 5.51. The van der Waals surface area contributed by atoms with Crippen molar-refractivity contribution in [2.75, 3.05) is 19.3 Å². The van der Waals surface area contributed by atoms with E-state index in [1.54, 1.807) is 16.7 Å². The number of hydrogen-bond acceptors (Lipinski definition) is 3. The Bertz CT molecular complexity index is 348. The van der Waals surface area contributed by atoms with Crippen molar-refractivity contribution in [1.82, 2.24) is 9.80 Å². The van der Waals surface area contributed by atoms with Gasteiger partial charge in [0.25, 0.3) is 0 Å². The van der Waals surface area contributed by atoms with E-state index in [0.717, 1.165) is 25.8 Å². The molecule has 4 nitrogen and oxygen atoms in total. The van der Waals surface area contributed by atoms with E-state index in [4.69, 9.17) is 0 Å². The Balaban J connectivity index is 2.20. The highest BCUT2D eigenvalue weighted by molar-refractivity contribution is 7.99. The number of piperazine rings is 1. The SMILES string of the molecule is CCC1C(=O)N2CCCC2C(=O)N1CC(C)SC. The van der Waals surface area contributed by atoms with Crippen LogP contribution in [0.2, 0.25) is 0 Å². The van der Waals surface area contributed by atoms with E-state index in [9.17, 15) is 9.59 Å². The zero-order valence-electron chi connectivity index (χ0n) is 11.4. The van der Waals surface area contributed by atoms with Crippen molar-refractivity contribution in [2.45, 2.75) is 50.4 Å². The molecule has 0 aliphatic carbocycles. The summed E-state index contributed by atoms with van der Waals surface area (Å²) in [5.41, 5.74) is 0. The minimum absolute atomic E-state index is 0.160. The van der Waals surface area contributed by atoms with Gasteiger partial charge in [-0.1, -0.05) is 13.8 Å². The first kappa shape index (κ1) is 13.7. The Labute approximate surface area is 113 Å². The monoisotopic (exact) mass is 270 g/mol. The van der Waals surface area contributed by atoms with Gasteiger partial charge in [-0.15, -0.1) is 0 Å². The number of carbonyl (C=O) groups is 2. The number of hydrogen-bond donors (Lipinski definition) is 0. The summed E-state index contributed by atoms with van der Waals surface area (Å²) in [7, 11) is 0.